The van der Waals surface area contributed by atoms with E-state index in [2.05, 4.69) is 0 Å². The molecule has 1 aliphatic rings. The molecule has 6 nitrogen and oxygen atoms in total. The molecule has 2 amide bonds. The Morgan fingerprint density at radius 1 is 1.00 bits per heavy atom. The zero-order valence-corrected chi connectivity index (χ0v) is 16.5. The topological polar surface area (TPSA) is 59.1 Å². The Morgan fingerprint density at radius 3 is 2.19 bits per heavy atom. The Labute approximate surface area is 163 Å². The number of carbonyl (C=O) groups excluding carboxylic acids is 2. The Morgan fingerprint density at radius 2 is 1.63 bits per heavy atom. The molecule has 2 heterocycles. The van der Waals surface area contributed by atoms with E-state index in [9.17, 15) is 9.59 Å². The highest BCUT2D eigenvalue weighted by Gasteiger charge is 2.25. The van der Waals surface area contributed by atoms with Gasteiger partial charge in [-0.15, -0.1) is 11.3 Å². The van der Waals surface area contributed by atoms with Gasteiger partial charge < -0.3 is 19.3 Å². The van der Waals surface area contributed by atoms with E-state index in [1.807, 2.05) is 45.5 Å². The minimum atomic E-state index is 0.0561. The molecule has 2 aromatic rings. The zero-order valence-electron chi connectivity index (χ0n) is 15.6. The number of thiophene rings is 1. The molecule has 3 rings (SSSR count). The van der Waals surface area contributed by atoms with Crippen molar-refractivity contribution in [2.24, 2.45) is 0 Å². The summed E-state index contributed by atoms with van der Waals surface area (Å²) in [5, 5.41) is 1.90. The molecule has 1 aromatic heterocycles. The molecule has 0 aliphatic carbocycles. The molecule has 1 aliphatic heterocycles. The van der Waals surface area contributed by atoms with Crippen molar-refractivity contribution in [2.75, 3.05) is 40.4 Å². The van der Waals surface area contributed by atoms with Gasteiger partial charge in [-0.3, -0.25) is 9.59 Å². The number of hydrogen-bond donors (Lipinski definition) is 0. The van der Waals surface area contributed by atoms with Crippen molar-refractivity contribution in [1.82, 2.24) is 9.80 Å². The third-order valence-corrected chi connectivity index (χ3v) is 5.55. The molecular formula is C20H24N2O4S. The summed E-state index contributed by atoms with van der Waals surface area (Å²) in [6, 6.07) is 9.38. The molecule has 0 unspecified atom stereocenters. The summed E-state index contributed by atoms with van der Waals surface area (Å²) in [5.41, 5.74) is 1.01. The van der Waals surface area contributed by atoms with Gasteiger partial charge in [-0.05, 0) is 35.6 Å². The van der Waals surface area contributed by atoms with Gasteiger partial charge in [0.05, 0.1) is 19.1 Å². The van der Waals surface area contributed by atoms with Crippen molar-refractivity contribution in [3.63, 3.8) is 0 Å². The number of ether oxygens (including phenoxy) is 2. The molecule has 7 heteroatoms. The molecule has 27 heavy (non-hydrogen) atoms. The Balaban J connectivity index is 1.50. The van der Waals surface area contributed by atoms with Crippen LogP contribution in [0.4, 0.5) is 0 Å². The number of amides is 2. The maximum atomic E-state index is 12.5. The van der Waals surface area contributed by atoms with Gasteiger partial charge in [-0.2, -0.15) is 0 Å². The van der Waals surface area contributed by atoms with Crippen molar-refractivity contribution in [3.8, 4) is 11.5 Å². The molecule has 0 atom stereocenters. The van der Waals surface area contributed by atoms with Crippen LogP contribution in [-0.4, -0.2) is 62.0 Å². The van der Waals surface area contributed by atoms with Crippen LogP contribution in [0.3, 0.4) is 0 Å². The zero-order chi connectivity index (χ0) is 19.2. The first kappa shape index (κ1) is 19.2. The standard InChI is InChI=1S/C20H24N2O4S/c1-25-16-12-15(13-17(14-16)26-2)5-6-19(23)21-7-9-22(10-8-21)20(24)18-4-3-11-27-18/h3-4,11-14H,5-10H2,1-2H3. The van der Waals surface area contributed by atoms with Crippen LogP contribution in [0.1, 0.15) is 21.7 Å². The Hall–Kier alpha value is -2.54. The summed E-state index contributed by atoms with van der Waals surface area (Å²) < 4.78 is 10.5. The Kier molecular flexibility index (Phi) is 6.34. The Bertz CT molecular complexity index is 761. The minimum absolute atomic E-state index is 0.0561. The summed E-state index contributed by atoms with van der Waals surface area (Å²) in [6.07, 6.45) is 1.05. The number of aryl methyl sites for hydroxylation is 1. The lowest BCUT2D eigenvalue weighted by atomic mass is 10.1. The van der Waals surface area contributed by atoms with Gasteiger partial charge in [0.1, 0.15) is 11.5 Å². The van der Waals surface area contributed by atoms with Crippen LogP contribution in [0.25, 0.3) is 0 Å². The first-order valence-corrected chi connectivity index (χ1v) is 9.81. The quantitative estimate of drug-likeness (QED) is 0.763. The summed E-state index contributed by atoms with van der Waals surface area (Å²) in [5.74, 6) is 1.61. The second-order valence-corrected chi connectivity index (χ2v) is 7.32. The lowest BCUT2D eigenvalue weighted by Gasteiger charge is -2.34. The van der Waals surface area contributed by atoms with Gasteiger partial charge >= 0.3 is 0 Å². The van der Waals surface area contributed by atoms with E-state index in [1.165, 1.54) is 11.3 Å². The lowest BCUT2D eigenvalue weighted by Crippen LogP contribution is -2.50. The SMILES string of the molecule is COc1cc(CCC(=O)N2CCN(C(=O)c3cccs3)CC2)cc(OC)c1. The van der Waals surface area contributed by atoms with Crippen LogP contribution in [0.2, 0.25) is 0 Å². The van der Waals surface area contributed by atoms with Crippen LogP contribution in [0.5, 0.6) is 11.5 Å². The highest BCUT2D eigenvalue weighted by molar-refractivity contribution is 7.12. The van der Waals surface area contributed by atoms with Crippen LogP contribution in [0, 0.1) is 0 Å². The van der Waals surface area contributed by atoms with E-state index in [0.717, 1.165) is 21.9 Å². The molecule has 144 valence electrons. The van der Waals surface area contributed by atoms with Crippen LogP contribution in [-0.2, 0) is 11.2 Å². The van der Waals surface area contributed by atoms with Gasteiger partial charge in [0.25, 0.3) is 5.91 Å². The molecule has 1 fully saturated rings. The average Bonchev–Trinajstić information content (AvgIpc) is 3.26. The van der Waals surface area contributed by atoms with E-state index in [-0.39, 0.29) is 11.8 Å². The molecule has 0 bridgehead atoms. The summed E-state index contributed by atoms with van der Waals surface area (Å²) in [6.45, 7) is 2.32. The fourth-order valence-corrected chi connectivity index (χ4v) is 3.83. The monoisotopic (exact) mass is 388 g/mol. The number of methoxy groups -OCH3 is 2. The predicted molar refractivity (Wildman–Crippen MR) is 105 cm³/mol. The van der Waals surface area contributed by atoms with Gasteiger partial charge in [0, 0.05) is 38.7 Å². The largest absolute Gasteiger partial charge is 0.497 e. The van der Waals surface area contributed by atoms with Crippen LogP contribution in [0.15, 0.2) is 35.7 Å². The van der Waals surface area contributed by atoms with E-state index in [4.69, 9.17) is 9.47 Å². The first-order chi connectivity index (χ1) is 13.1. The summed E-state index contributed by atoms with van der Waals surface area (Å²) in [4.78, 5) is 29.3. The van der Waals surface area contributed by atoms with Gasteiger partial charge in [0.2, 0.25) is 5.91 Å². The van der Waals surface area contributed by atoms with Gasteiger partial charge in [-0.25, -0.2) is 0 Å². The van der Waals surface area contributed by atoms with Gasteiger partial charge in [0.15, 0.2) is 0 Å². The third-order valence-electron chi connectivity index (χ3n) is 4.69. The number of hydrogen-bond acceptors (Lipinski definition) is 5. The molecule has 0 radical (unpaired) electrons. The fourth-order valence-electron chi connectivity index (χ4n) is 3.14. The van der Waals surface area contributed by atoms with E-state index in [0.29, 0.717) is 39.0 Å². The second-order valence-electron chi connectivity index (χ2n) is 6.37. The summed E-state index contributed by atoms with van der Waals surface area (Å²) >= 11 is 1.45. The van der Waals surface area contributed by atoms with Crippen molar-refractivity contribution in [3.05, 3.63) is 46.2 Å². The molecular weight excluding hydrogens is 364 g/mol. The highest BCUT2D eigenvalue weighted by Crippen LogP contribution is 2.23. The fraction of sp³-hybridized carbons (Fsp3) is 0.400. The predicted octanol–water partition coefficient (Wildman–Crippen LogP) is 2.68. The number of carbonyl (C=O) groups is 2. The third kappa shape index (κ3) is 4.80. The molecule has 1 aromatic carbocycles. The van der Waals surface area contributed by atoms with Crippen molar-refractivity contribution < 1.29 is 19.1 Å². The maximum Gasteiger partial charge on any atom is 0.264 e. The molecule has 0 spiro atoms. The smallest absolute Gasteiger partial charge is 0.264 e. The van der Waals surface area contributed by atoms with Crippen LogP contribution < -0.4 is 9.47 Å². The first-order valence-electron chi connectivity index (χ1n) is 8.93. The van der Waals surface area contributed by atoms with Crippen molar-refractivity contribution in [1.29, 1.82) is 0 Å². The molecule has 0 N–H and O–H groups in total. The van der Waals surface area contributed by atoms with E-state index >= 15 is 0 Å². The lowest BCUT2D eigenvalue weighted by molar-refractivity contribution is -0.132. The number of rotatable bonds is 6. The summed E-state index contributed by atoms with van der Waals surface area (Å²) in [7, 11) is 3.22. The normalized spacial score (nSPS) is 14.1. The van der Waals surface area contributed by atoms with Gasteiger partial charge in [-0.1, -0.05) is 6.07 Å². The molecule has 1 saturated heterocycles. The average molecular weight is 388 g/mol. The maximum absolute atomic E-state index is 12.5. The van der Waals surface area contributed by atoms with Crippen molar-refractivity contribution >= 4 is 23.2 Å². The molecule has 0 saturated carbocycles. The van der Waals surface area contributed by atoms with E-state index in [1.54, 1.807) is 14.2 Å². The van der Waals surface area contributed by atoms with Crippen LogP contribution >= 0.6 is 11.3 Å². The van der Waals surface area contributed by atoms with Crippen molar-refractivity contribution in [2.45, 2.75) is 12.8 Å². The number of nitrogens with zero attached hydrogens (tertiary/aromatic N) is 2. The highest BCUT2D eigenvalue weighted by atomic mass is 32.1. The number of benzene rings is 1. The second kappa shape index (κ2) is 8.90. The minimum Gasteiger partial charge on any atom is -0.497 e. The van der Waals surface area contributed by atoms with E-state index < -0.39 is 0 Å². The number of piperazine rings is 1.